The van der Waals surface area contributed by atoms with Gasteiger partial charge in [-0.25, -0.2) is 0 Å². The molecule has 116 valence electrons. The van der Waals surface area contributed by atoms with Crippen molar-refractivity contribution in [1.82, 2.24) is 0 Å². The molecule has 0 atom stereocenters. The molecule has 0 unspecified atom stereocenters. The highest BCUT2D eigenvalue weighted by Gasteiger charge is 2.33. The Morgan fingerprint density at radius 2 is 1.45 bits per heavy atom. The second kappa shape index (κ2) is 7.35. The van der Waals surface area contributed by atoms with Gasteiger partial charge in [-0.2, -0.15) is 3.89 Å². The van der Waals surface area contributed by atoms with Gasteiger partial charge in [0.25, 0.3) is 0 Å². The SMILES string of the molecule is CC(C)CCOc1ccc(S(F)(C(C)C)C(C)C)cc1. The molecule has 20 heavy (non-hydrogen) atoms. The lowest BCUT2D eigenvalue weighted by atomic mass is 10.1. The van der Waals surface area contributed by atoms with Gasteiger partial charge in [0.2, 0.25) is 0 Å². The van der Waals surface area contributed by atoms with E-state index >= 15 is 3.89 Å². The van der Waals surface area contributed by atoms with Crippen LogP contribution in [0.3, 0.4) is 0 Å². The molecule has 0 radical (unpaired) electrons. The molecule has 0 bridgehead atoms. The first-order valence-corrected chi connectivity index (χ1v) is 9.18. The van der Waals surface area contributed by atoms with Gasteiger partial charge in [-0.05, 0) is 36.6 Å². The van der Waals surface area contributed by atoms with Crippen LogP contribution in [0.25, 0.3) is 0 Å². The quantitative estimate of drug-likeness (QED) is 0.602. The van der Waals surface area contributed by atoms with Crippen molar-refractivity contribution in [2.75, 3.05) is 6.61 Å². The number of hydrogen-bond acceptors (Lipinski definition) is 1. The van der Waals surface area contributed by atoms with Gasteiger partial charge in [0.1, 0.15) is 5.75 Å². The van der Waals surface area contributed by atoms with E-state index in [1.165, 1.54) is 0 Å². The van der Waals surface area contributed by atoms with E-state index in [0.717, 1.165) is 23.7 Å². The summed E-state index contributed by atoms with van der Waals surface area (Å²) in [4.78, 5) is 0.832. The summed E-state index contributed by atoms with van der Waals surface area (Å²) in [6.07, 6.45) is 1.04. The summed E-state index contributed by atoms with van der Waals surface area (Å²) < 4.78 is 21.0. The predicted molar refractivity (Wildman–Crippen MR) is 88.6 cm³/mol. The maximum absolute atomic E-state index is 15.3. The normalized spacial score (nSPS) is 13.3. The standard InChI is InChI=1S/C17H29FOS/c1-13(2)11-12-19-16-7-9-17(10-8-16)20(18,14(3)4)15(5)6/h7-10,13-15H,11-12H2,1-6H3. The Hall–Kier alpha value is -0.700. The largest absolute Gasteiger partial charge is 0.494 e. The molecule has 0 saturated carbocycles. The van der Waals surface area contributed by atoms with Crippen LogP contribution in [0.1, 0.15) is 48.0 Å². The number of ether oxygens (including phenoxy) is 1. The number of hydrogen-bond donors (Lipinski definition) is 0. The van der Waals surface area contributed by atoms with Crippen LogP contribution in [0.15, 0.2) is 29.2 Å². The van der Waals surface area contributed by atoms with E-state index in [1.54, 1.807) is 0 Å². The fourth-order valence-corrected chi connectivity index (χ4v) is 4.98. The summed E-state index contributed by atoms with van der Waals surface area (Å²) in [5, 5.41) is 0.0745. The van der Waals surface area contributed by atoms with Crippen molar-refractivity contribution in [3.63, 3.8) is 0 Å². The minimum Gasteiger partial charge on any atom is -0.494 e. The molecular formula is C17H29FOS. The van der Waals surface area contributed by atoms with Crippen LogP contribution in [-0.2, 0) is 0 Å². The molecule has 3 heteroatoms. The lowest BCUT2D eigenvalue weighted by Gasteiger charge is -2.39. The summed E-state index contributed by atoms with van der Waals surface area (Å²) in [6.45, 7) is 13.0. The van der Waals surface area contributed by atoms with Crippen molar-refractivity contribution in [1.29, 1.82) is 0 Å². The monoisotopic (exact) mass is 300 g/mol. The molecule has 0 aromatic heterocycles. The molecule has 0 aliphatic rings. The van der Waals surface area contributed by atoms with Crippen LogP contribution in [0.4, 0.5) is 3.89 Å². The Morgan fingerprint density at radius 3 is 1.85 bits per heavy atom. The highest BCUT2D eigenvalue weighted by atomic mass is 32.3. The van der Waals surface area contributed by atoms with Crippen LogP contribution in [0, 0.1) is 5.92 Å². The molecule has 0 heterocycles. The fourth-order valence-electron chi connectivity index (χ4n) is 2.25. The van der Waals surface area contributed by atoms with Crippen LogP contribution in [0.5, 0.6) is 5.75 Å². The van der Waals surface area contributed by atoms with Crippen molar-refractivity contribution in [3.8, 4) is 5.75 Å². The lowest BCUT2D eigenvalue weighted by Crippen LogP contribution is -2.17. The second-order valence-corrected chi connectivity index (χ2v) is 9.84. The van der Waals surface area contributed by atoms with Crippen LogP contribution in [-0.4, -0.2) is 17.1 Å². The smallest absolute Gasteiger partial charge is 0.119 e. The Kier molecular flexibility index (Phi) is 6.38. The minimum absolute atomic E-state index is 0.0372. The lowest BCUT2D eigenvalue weighted by molar-refractivity contribution is 0.289. The van der Waals surface area contributed by atoms with Gasteiger partial charge in [0, 0.05) is 15.4 Å². The first kappa shape index (κ1) is 17.4. The Bertz CT molecular complexity index is 390. The summed E-state index contributed by atoms with van der Waals surface area (Å²) in [6, 6.07) is 7.61. The van der Waals surface area contributed by atoms with Gasteiger partial charge in [-0.1, -0.05) is 52.0 Å². The second-order valence-electron chi connectivity index (χ2n) is 6.23. The van der Waals surface area contributed by atoms with E-state index in [1.807, 2.05) is 52.0 Å². The molecule has 1 aromatic carbocycles. The first-order valence-electron chi connectivity index (χ1n) is 7.52. The van der Waals surface area contributed by atoms with Crippen molar-refractivity contribution in [2.45, 2.75) is 63.4 Å². The molecule has 0 spiro atoms. The topological polar surface area (TPSA) is 9.23 Å². The zero-order valence-electron chi connectivity index (χ0n) is 13.7. The van der Waals surface area contributed by atoms with Crippen LogP contribution >= 0.6 is 10.4 Å². The summed E-state index contributed by atoms with van der Waals surface area (Å²) in [5.41, 5.74) is 0. The molecule has 0 aliphatic heterocycles. The average molecular weight is 300 g/mol. The molecule has 0 fully saturated rings. The third-order valence-corrected chi connectivity index (χ3v) is 7.26. The van der Waals surface area contributed by atoms with Gasteiger partial charge < -0.3 is 4.74 Å². The van der Waals surface area contributed by atoms with E-state index in [9.17, 15) is 0 Å². The highest BCUT2D eigenvalue weighted by molar-refractivity contribution is 8.30. The Labute approximate surface area is 125 Å². The van der Waals surface area contributed by atoms with Gasteiger partial charge in [0.05, 0.1) is 6.61 Å². The van der Waals surface area contributed by atoms with Gasteiger partial charge in [-0.3, -0.25) is 0 Å². The van der Waals surface area contributed by atoms with Crippen molar-refractivity contribution < 1.29 is 8.62 Å². The molecule has 0 amide bonds. The van der Waals surface area contributed by atoms with Crippen molar-refractivity contribution >= 4 is 10.4 Å². The van der Waals surface area contributed by atoms with Crippen LogP contribution < -0.4 is 4.74 Å². The molecule has 0 aliphatic carbocycles. The van der Waals surface area contributed by atoms with E-state index < -0.39 is 10.4 Å². The highest BCUT2D eigenvalue weighted by Crippen LogP contribution is 2.64. The predicted octanol–water partition coefficient (Wildman–Crippen LogP) is 5.98. The van der Waals surface area contributed by atoms with E-state index in [0.29, 0.717) is 5.92 Å². The van der Waals surface area contributed by atoms with Gasteiger partial charge in [-0.15, -0.1) is 0 Å². The third-order valence-electron chi connectivity index (χ3n) is 3.52. The Balaban J connectivity index is 2.79. The maximum Gasteiger partial charge on any atom is 0.119 e. The van der Waals surface area contributed by atoms with Gasteiger partial charge >= 0.3 is 0 Å². The van der Waals surface area contributed by atoms with E-state index in [4.69, 9.17) is 4.74 Å². The summed E-state index contributed by atoms with van der Waals surface area (Å²) in [7, 11) is -2.26. The third kappa shape index (κ3) is 4.15. The zero-order chi connectivity index (χ0) is 15.3. The fraction of sp³-hybridized carbons (Fsp3) is 0.647. The number of benzene rings is 1. The number of rotatable bonds is 7. The summed E-state index contributed by atoms with van der Waals surface area (Å²) in [5.74, 6) is 1.47. The Morgan fingerprint density at radius 1 is 0.950 bits per heavy atom. The average Bonchev–Trinajstić information content (AvgIpc) is 2.37. The molecular weight excluding hydrogens is 271 g/mol. The minimum atomic E-state index is -2.26. The van der Waals surface area contributed by atoms with Crippen LogP contribution in [0.2, 0.25) is 0 Å². The van der Waals surface area contributed by atoms with Crippen molar-refractivity contribution in [2.24, 2.45) is 5.92 Å². The number of halogens is 1. The maximum atomic E-state index is 15.3. The van der Waals surface area contributed by atoms with Crippen molar-refractivity contribution in [3.05, 3.63) is 24.3 Å². The van der Waals surface area contributed by atoms with E-state index in [-0.39, 0.29) is 10.5 Å². The molecule has 0 N–H and O–H groups in total. The van der Waals surface area contributed by atoms with Gasteiger partial charge in [0.15, 0.2) is 0 Å². The molecule has 1 aromatic rings. The van der Waals surface area contributed by atoms with E-state index in [2.05, 4.69) is 13.8 Å². The molecule has 0 saturated heterocycles. The molecule has 1 rings (SSSR count). The summed E-state index contributed by atoms with van der Waals surface area (Å²) >= 11 is 0. The first-order chi connectivity index (χ1) is 9.28. The zero-order valence-corrected chi connectivity index (χ0v) is 14.5. The molecule has 1 nitrogen and oxygen atoms in total.